The van der Waals surface area contributed by atoms with Crippen molar-refractivity contribution in [2.24, 2.45) is 7.05 Å². The van der Waals surface area contributed by atoms with Crippen LogP contribution in [0.5, 0.6) is 0 Å². The van der Waals surface area contributed by atoms with E-state index in [9.17, 15) is 27.6 Å². The Bertz CT molecular complexity index is 1700. The Kier molecular flexibility index (Phi) is 7.44. The summed E-state index contributed by atoms with van der Waals surface area (Å²) in [5, 5.41) is 14.5. The van der Waals surface area contributed by atoms with Crippen LogP contribution in [0.15, 0.2) is 43.0 Å². The number of alkyl halides is 3. The summed E-state index contributed by atoms with van der Waals surface area (Å²) >= 11 is 0. The number of anilines is 1. The lowest BCUT2D eigenvalue weighted by molar-refractivity contribution is -0.200. The number of carbonyl (C=O) groups excluding carboxylic acids is 1. The predicted octanol–water partition coefficient (Wildman–Crippen LogP) is 5.09. The lowest BCUT2D eigenvalue weighted by Gasteiger charge is -2.44. The van der Waals surface area contributed by atoms with Gasteiger partial charge < -0.3 is 14.5 Å². The summed E-state index contributed by atoms with van der Waals surface area (Å²) in [7, 11) is 1.65. The molecule has 4 aromatic rings. The summed E-state index contributed by atoms with van der Waals surface area (Å²) in [5.74, 6) is -0.0534. The van der Waals surface area contributed by atoms with E-state index in [1.807, 2.05) is 11.8 Å². The van der Waals surface area contributed by atoms with Crippen LogP contribution in [0, 0.1) is 17.1 Å². The van der Waals surface area contributed by atoms with Crippen LogP contribution in [0.3, 0.4) is 0 Å². The van der Waals surface area contributed by atoms with Crippen LogP contribution in [0.1, 0.15) is 26.5 Å². The maximum atomic E-state index is 14.3. The van der Waals surface area contributed by atoms with Crippen LogP contribution in [0.2, 0.25) is 0 Å². The summed E-state index contributed by atoms with van der Waals surface area (Å²) in [6.07, 6.45) is -3.98. The van der Waals surface area contributed by atoms with E-state index in [0.29, 0.717) is 44.8 Å². The number of piperazine rings is 1. The van der Waals surface area contributed by atoms with Crippen molar-refractivity contribution in [3.8, 4) is 28.5 Å². The van der Waals surface area contributed by atoms with Gasteiger partial charge in [-0.25, -0.2) is 19.2 Å². The molecule has 3 atom stereocenters. The Morgan fingerprint density at radius 2 is 1.86 bits per heavy atom. The van der Waals surface area contributed by atoms with Crippen molar-refractivity contribution in [1.29, 1.82) is 5.26 Å². The molecule has 218 valence electrons. The van der Waals surface area contributed by atoms with Crippen LogP contribution in [0.4, 0.5) is 28.2 Å². The molecule has 0 saturated carbocycles. The minimum absolute atomic E-state index is 0.0678. The van der Waals surface area contributed by atoms with Crippen molar-refractivity contribution in [1.82, 2.24) is 29.6 Å². The topological polar surface area (TPSA) is 113 Å². The van der Waals surface area contributed by atoms with Crippen LogP contribution in [-0.2, 0) is 11.8 Å². The van der Waals surface area contributed by atoms with Crippen molar-refractivity contribution < 1.29 is 27.1 Å². The minimum atomic E-state index is -4.67. The van der Waals surface area contributed by atoms with Crippen LogP contribution < -0.4 is 4.90 Å². The second-order valence-corrected chi connectivity index (χ2v) is 10.2. The van der Waals surface area contributed by atoms with Gasteiger partial charge in [0.05, 0.1) is 22.8 Å². The Hall–Kier alpha value is -4.80. The molecule has 14 heteroatoms. The summed E-state index contributed by atoms with van der Waals surface area (Å²) in [5.41, 5.74) is 3.02. The number of amides is 1. The van der Waals surface area contributed by atoms with Gasteiger partial charge in [-0.05, 0) is 38.5 Å². The molecule has 1 saturated heterocycles. The number of aromatic nitrogens is 5. The van der Waals surface area contributed by atoms with Crippen molar-refractivity contribution >= 4 is 22.8 Å². The zero-order chi connectivity index (χ0) is 30.3. The smallest absolute Gasteiger partial charge is 0.425 e. The molecule has 5 rings (SSSR count). The maximum absolute atomic E-state index is 14.3. The molecule has 0 bridgehead atoms. The number of benzene rings is 1. The van der Waals surface area contributed by atoms with Gasteiger partial charge in [0.15, 0.2) is 6.10 Å². The number of hydrogen-bond donors (Lipinski definition) is 0. The zero-order valence-electron chi connectivity index (χ0n) is 23.1. The maximum Gasteiger partial charge on any atom is 0.425 e. The number of carbonyl (C=O) groups is 1. The lowest BCUT2D eigenvalue weighted by Crippen LogP contribution is -2.59. The van der Waals surface area contributed by atoms with Gasteiger partial charge in [-0.1, -0.05) is 6.07 Å². The second-order valence-electron chi connectivity index (χ2n) is 10.2. The second kappa shape index (κ2) is 10.9. The normalized spacial score (nSPS) is 18.2. The number of pyridine rings is 1. The first kappa shape index (κ1) is 28.7. The van der Waals surface area contributed by atoms with Crippen molar-refractivity contribution in [2.45, 2.75) is 45.1 Å². The van der Waals surface area contributed by atoms with E-state index in [0.717, 1.165) is 13.1 Å². The first-order valence-corrected chi connectivity index (χ1v) is 13.0. The first-order valence-electron chi connectivity index (χ1n) is 13.0. The molecule has 1 aliphatic rings. The molecule has 42 heavy (non-hydrogen) atoms. The number of fused-ring (bicyclic) bond motifs is 1. The highest BCUT2D eigenvalue weighted by Crippen LogP contribution is 2.40. The monoisotopic (exact) mass is 582 g/mol. The van der Waals surface area contributed by atoms with E-state index in [1.165, 1.54) is 28.2 Å². The molecule has 3 aromatic heterocycles. The highest BCUT2D eigenvalue weighted by atomic mass is 19.4. The summed E-state index contributed by atoms with van der Waals surface area (Å²) in [6, 6.07) is 7.70. The van der Waals surface area contributed by atoms with Gasteiger partial charge in [-0.3, -0.25) is 9.67 Å². The van der Waals surface area contributed by atoms with E-state index in [2.05, 4.69) is 26.1 Å². The molecule has 1 amide bonds. The largest absolute Gasteiger partial charge is 0.437 e. The van der Waals surface area contributed by atoms with Crippen molar-refractivity contribution in [2.75, 3.05) is 18.0 Å². The fourth-order valence-corrected chi connectivity index (χ4v) is 5.05. The number of halogens is 4. The molecule has 1 aromatic carbocycles. The molecule has 1 fully saturated rings. The number of rotatable bonds is 4. The van der Waals surface area contributed by atoms with Gasteiger partial charge in [0.25, 0.3) is 0 Å². The third-order valence-electron chi connectivity index (χ3n) is 7.29. The van der Waals surface area contributed by atoms with Crippen LogP contribution in [0.25, 0.3) is 33.3 Å². The minimum Gasteiger partial charge on any atom is -0.437 e. The van der Waals surface area contributed by atoms with Gasteiger partial charge in [0.1, 0.15) is 29.7 Å². The van der Waals surface area contributed by atoms with Gasteiger partial charge in [-0.15, -0.1) is 0 Å². The molecular formula is C28H26F4N8O2. The van der Waals surface area contributed by atoms with Gasteiger partial charge in [0.2, 0.25) is 0 Å². The first-order chi connectivity index (χ1) is 19.9. The van der Waals surface area contributed by atoms with E-state index in [4.69, 9.17) is 4.74 Å². The molecule has 0 N–H and O–H groups in total. The fraction of sp³-hybridized carbons (Fsp3) is 0.357. The van der Waals surface area contributed by atoms with Crippen LogP contribution >= 0.6 is 0 Å². The third-order valence-corrected chi connectivity index (χ3v) is 7.29. The molecule has 0 radical (unpaired) electrons. The van der Waals surface area contributed by atoms with E-state index >= 15 is 0 Å². The number of nitrogens with zero attached hydrogens (tertiary/aromatic N) is 8. The van der Waals surface area contributed by atoms with Gasteiger partial charge in [-0.2, -0.15) is 23.5 Å². The fourth-order valence-electron chi connectivity index (χ4n) is 5.05. The average Bonchev–Trinajstić information content (AvgIpc) is 3.32. The number of ether oxygens (including phenoxy) is 1. The summed E-state index contributed by atoms with van der Waals surface area (Å²) in [4.78, 5) is 29.0. The quantitative estimate of drug-likeness (QED) is 0.306. The average molecular weight is 583 g/mol. The van der Waals surface area contributed by atoms with Gasteiger partial charge >= 0.3 is 12.3 Å². The van der Waals surface area contributed by atoms with Crippen molar-refractivity contribution in [3.63, 3.8) is 0 Å². The summed E-state index contributed by atoms with van der Waals surface area (Å²) < 4.78 is 59.5. The molecule has 4 heterocycles. The Balaban J connectivity index is 1.60. The molecule has 0 spiro atoms. The zero-order valence-corrected chi connectivity index (χ0v) is 23.1. The van der Waals surface area contributed by atoms with E-state index in [1.54, 1.807) is 32.2 Å². The standard InChI is InChI=1S/C28H26F4N8O2/c1-15-13-40(27(41)42-17(3)28(30,31)32)16(2)12-39(15)26-24-21(18-7-19(29)11-34-10-18)5-6-22(25(24)35-14-36-26)23-8-20(9-33)38(4)37-23/h5-8,10-11,14-17H,12-13H2,1-4H3/t15-,16+,17+/m0/s1. The molecular weight excluding hydrogens is 556 g/mol. The number of hydrogen-bond acceptors (Lipinski definition) is 8. The molecule has 1 aliphatic heterocycles. The van der Waals surface area contributed by atoms with Gasteiger partial charge in [0, 0.05) is 55.6 Å². The Morgan fingerprint density at radius 3 is 2.52 bits per heavy atom. The molecule has 0 unspecified atom stereocenters. The third kappa shape index (κ3) is 5.29. The highest BCUT2D eigenvalue weighted by molar-refractivity contribution is 6.07. The highest BCUT2D eigenvalue weighted by Gasteiger charge is 2.42. The Labute approximate surface area is 238 Å². The summed E-state index contributed by atoms with van der Waals surface area (Å²) in [6.45, 7) is 4.60. The van der Waals surface area contributed by atoms with E-state index < -0.39 is 36.3 Å². The molecule has 0 aliphatic carbocycles. The molecule has 10 nitrogen and oxygen atoms in total. The number of nitriles is 1. The lowest BCUT2D eigenvalue weighted by atomic mass is 9.96. The van der Waals surface area contributed by atoms with Crippen LogP contribution in [-0.4, -0.2) is 73.2 Å². The Morgan fingerprint density at radius 1 is 1.12 bits per heavy atom. The van der Waals surface area contributed by atoms with E-state index in [-0.39, 0.29) is 13.1 Å². The predicted molar refractivity (Wildman–Crippen MR) is 145 cm³/mol. The van der Waals surface area contributed by atoms with Crippen molar-refractivity contribution in [3.05, 3.63) is 54.5 Å². The SMILES string of the molecule is C[C@@H]1CN(c2ncnc3c(-c4cc(C#N)n(C)n4)ccc(-c4cncc(F)c4)c23)[C@@H](C)CN1C(=O)O[C@H](C)C(F)(F)F. The number of aryl methyl sites for hydroxylation is 1.